The van der Waals surface area contributed by atoms with E-state index in [4.69, 9.17) is 15.3 Å². The van der Waals surface area contributed by atoms with Crippen LogP contribution in [0.4, 0.5) is 0 Å². The van der Waals surface area contributed by atoms with Crippen molar-refractivity contribution in [2.45, 2.75) is 38.1 Å². The Kier molecular flexibility index (Phi) is 3.02. The maximum absolute atomic E-state index is 9.07. The summed E-state index contributed by atoms with van der Waals surface area (Å²) in [4.78, 5) is 0. The average Bonchev–Trinajstić information content (AvgIpc) is 2.54. The summed E-state index contributed by atoms with van der Waals surface area (Å²) in [7, 11) is 0. The van der Waals surface area contributed by atoms with Crippen molar-refractivity contribution in [3.8, 4) is 0 Å². The molecular weight excluding hydrogens is 178 g/mol. The zero-order valence-corrected chi connectivity index (χ0v) is 9.08. The predicted octanol–water partition coefficient (Wildman–Crippen LogP) is 1.66. The van der Waals surface area contributed by atoms with E-state index in [1.54, 1.807) is 6.26 Å². The SMILES string of the molecule is CC(C)(N)C(C)(CCO)c1ccco1. The van der Waals surface area contributed by atoms with Crippen LogP contribution in [-0.2, 0) is 5.41 Å². The van der Waals surface area contributed by atoms with Gasteiger partial charge in [0.15, 0.2) is 0 Å². The first-order valence-corrected chi connectivity index (χ1v) is 4.85. The Labute approximate surface area is 84.9 Å². The van der Waals surface area contributed by atoms with Crippen molar-refractivity contribution in [3.63, 3.8) is 0 Å². The van der Waals surface area contributed by atoms with Gasteiger partial charge in [0, 0.05) is 17.6 Å². The van der Waals surface area contributed by atoms with Crippen molar-refractivity contribution >= 4 is 0 Å². The fraction of sp³-hybridized carbons (Fsp3) is 0.636. The number of aliphatic hydroxyl groups excluding tert-OH is 1. The lowest BCUT2D eigenvalue weighted by atomic mass is 9.69. The molecule has 0 fully saturated rings. The summed E-state index contributed by atoms with van der Waals surface area (Å²) >= 11 is 0. The molecule has 0 aromatic carbocycles. The Morgan fingerprint density at radius 3 is 2.43 bits per heavy atom. The second-order valence-electron chi connectivity index (χ2n) is 4.50. The van der Waals surface area contributed by atoms with Gasteiger partial charge in [-0.05, 0) is 32.4 Å². The summed E-state index contributed by atoms with van der Waals surface area (Å²) in [5.41, 5.74) is 5.37. The molecule has 1 unspecified atom stereocenters. The van der Waals surface area contributed by atoms with Gasteiger partial charge in [-0.1, -0.05) is 6.92 Å². The highest BCUT2D eigenvalue weighted by Crippen LogP contribution is 2.36. The Morgan fingerprint density at radius 2 is 2.07 bits per heavy atom. The van der Waals surface area contributed by atoms with Gasteiger partial charge in [-0.25, -0.2) is 0 Å². The molecule has 1 aromatic heterocycles. The lowest BCUT2D eigenvalue weighted by Crippen LogP contribution is -2.52. The molecule has 80 valence electrons. The van der Waals surface area contributed by atoms with Crippen molar-refractivity contribution < 1.29 is 9.52 Å². The molecule has 0 amide bonds. The summed E-state index contributed by atoms with van der Waals surface area (Å²) in [5.74, 6) is 0.832. The van der Waals surface area contributed by atoms with E-state index in [-0.39, 0.29) is 12.0 Å². The Bertz CT molecular complexity index is 274. The van der Waals surface area contributed by atoms with Crippen LogP contribution in [0.1, 0.15) is 33.0 Å². The quantitative estimate of drug-likeness (QED) is 0.771. The van der Waals surface area contributed by atoms with E-state index in [9.17, 15) is 0 Å². The third-order valence-corrected chi connectivity index (χ3v) is 3.10. The maximum Gasteiger partial charge on any atom is 0.111 e. The first kappa shape index (κ1) is 11.3. The van der Waals surface area contributed by atoms with Crippen molar-refractivity contribution in [1.29, 1.82) is 0 Å². The first-order valence-electron chi connectivity index (χ1n) is 4.85. The number of rotatable bonds is 4. The van der Waals surface area contributed by atoms with Crippen molar-refractivity contribution in [2.75, 3.05) is 6.61 Å². The monoisotopic (exact) mass is 197 g/mol. The lowest BCUT2D eigenvalue weighted by molar-refractivity contribution is 0.167. The second-order valence-corrected chi connectivity index (χ2v) is 4.50. The van der Waals surface area contributed by atoms with Crippen molar-refractivity contribution in [3.05, 3.63) is 24.2 Å². The van der Waals surface area contributed by atoms with Crippen LogP contribution in [-0.4, -0.2) is 17.3 Å². The molecule has 0 aliphatic rings. The molecule has 3 nitrogen and oxygen atoms in total. The fourth-order valence-corrected chi connectivity index (χ4v) is 1.58. The molecule has 0 aliphatic heterocycles. The minimum absolute atomic E-state index is 0.109. The minimum atomic E-state index is -0.423. The Hall–Kier alpha value is -0.800. The van der Waals surface area contributed by atoms with Crippen LogP contribution in [0.15, 0.2) is 22.8 Å². The van der Waals surface area contributed by atoms with Gasteiger partial charge in [0.2, 0.25) is 0 Å². The molecule has 0 bridgehead atoms. The molecule has 0 saturated heterocycles. The number of furan rings is 1. The van der Waals surface area contributed by atoms with Gasteiger partial charge in [0.05, 0.1) is 6.26 Å². The highest BCUT2D eigenvalue weighted by molar-refractivity contribution is 5.19. The maximum atomic E-state index is 9.07. The van der Waals surface area contributed by atoms with E-state index in [1.165, 1.54) is 0 Å². The molecule has 0 aliphatic carbocycles. The van der Waals surface area contributed by atoms with Gasteiger partial charge < -0.3 is 15.3 Å². The van der Waals surface area contributed by atoms with E-state index in [0.717, 1.165) is 5.76 Å². The van der Waals surface area contributed by atoms with Gasteiger partial charge in [-0.2, -0.15) is 0 Å². The van der Waals surface area contributed by atoms with Gasteiger partial charge in [0.1, 0.15) is 5.76 Å². The molecule has 1 atom stereocenters. The third kappa shape index (κ3) is 1.83. The summed E-state index contributed by atoms with van der Waals surface area (Å²) in [6.07, 6.45) is 2.24. The van der Waals surface area contributed by atoms with Crippen LogP contribution in [0, 0.1) is 0 Å². The largest absolute Gasteiger partial charge is 0.469 e. The second kappa shape index (κ2) is 3.75. The van der Waals surface area contributed by atoms with Crippen LogP contribution in [0.5, 0.6) is 0 Å². The van der Waals surface area contributed by atoms with Gasteiger partial charge in [-0.15, -0.1) is 0 Å². The molecule has 0 spiro atoms. The van der Waals surface area contributed by atoms with Crippen LogP contribution in [0.3, 0.4) is 0 Å². The van der Waals surface area contributed by atoms with E-state index < -0.39 is 5.54 Å². The van der Waals surface area contributed by atoms with Crippen LogP contribution >= 0.6 is 0 Å². The molecule has 1 aromatic rings. The Morgan fingerprint density at radius 1 is 1.43 bits per heavy atom. The molecule has 14 heavy (non-hydrogen) atoms. The van der Waals surface area contributed by atoms with E-state index >= 15 is 0 Å². The number of nitrogens with two attached hydrogens (primary N) is 1. The van der Waals surface area contributed by atoms with Gasteiger partial charge in [0.25, 0.3) is 0 Å². The zero-order valence-electron chi connectivity index (χ0n) is 9.08. The Balaban J connectivity index is 3.06. The molecule has 1 rings (SSSR count). The molecule has 1 heterocycles. The number of aliphatic hydroxyl groups is 1. The van der Waals surface area contributed by atoms with Crippen LogP contribution in [0.2, 0.25) is 0 Å². The normalized spacial score (nSPS) is 16.6. The molecule has 0 radical (unpaired) electrons. The van der Waals surface area contributed by atoms with Crippen LogP contribution in [0.25, 0.3) is 0 Å². The fourth-order valence-electron chi connectivity index (χ4n) is 1.58. The standard InChI is InChI=1S/C11H19NO2/c1-10(2,12)11(3,6-7-13)9-5-4-8-14-9/h4-5,8,13H,6-7,12H2,1-3H3. The van der Waals surface area contributed by atoms with Crippen LogP contribution < -0.4 is 5.73 Å². The summed E-state index contributed by atoms with van der Waals surface area (Å²) < 4.78 is 5.39. The minimum Gasteiger partial charge on any atom is -0.469 e. The summed E-state index contributed by atoms with van der Waals surface area (Å²) in [6.45, 7) is 6.02. The number of hydrogen-bond acceptors (Lipinski definition) is 3. The summed E-state index contributed by atoms with van der Waals surface area (Å²) in [5, 5.41) is 9.07. The summed E-state index contributed by atoms with van der Waals surface area (Å²) in [6, 6.07) is 3.75. The lowest BCUT2D eigenvalue weighted by Gasteiger charge is -2.39. The number of hydrogen-bond donors (Lipinski definition) is 2. The third-order valence-electron chi connectivity index (χ3n) is 3.10. The van der Waals surface area contributed by atoms with E-state index in [2.05, 4.69) is 0 Å². The first-order chi connectivity index (χ1) is 6.42. The van der Waals surface area contributed by atoms with Crippen molar-refractivity contribution in [1.82, 2.24) is 0 Å². The predicted molar refractivity (Wildman–Crippen MR) is 56.0 cm³/mol. The van der Waals surface area contributed by atoms with Gasteiger partial charge >= 0.3 is 0 Å². The van der Waals surface area contributed by atoms with Gasteiger partial charge in [-0.3, -0.25) is 0 Å². The highest BCUT2D eigenvalue weighted by Gasteiger charge is 2.41. The zero-order chi connectivity index (χ0) is 10.8. The molecule has 3 N–H and O–H groups in total. The molecule has 3 heteroatoms. The van der Waals surface area contributed by atoms with E-state index in [0.29, 0.717) is 6.42 Å². The van der Waals surface area contributed by atoms with Crippen molar-refractivity contribution in [2.24, 2.45) is 5.73 Å². The topological polar surface area (TPSA) is 59.4 Å². The van der Waals surface area contributed by atoms with E-state index in [1.807, 2.05) is 32.9 Å². The highest BCUT2D eigenvalue weighted by atomic mass is 16.3. The molecule has 0 saturated carbocycles. The molecular formula is C11H19NO2. The smallest absolute Gasteiger partial charge is 0.111 e. The average molecular weight is 197 g/mol.